The van der Waals surface area contributed by atoms with Gasteiger partial charge in [0.1, 0.15) is 0 Å². The summed E-state index contributed by atoms with van der Waals surface area (Å²) in [5.41, 5.74) is 1.24. The van der Waals surface area contributed by atoms with E-state index in [1.54, 1.807) is 0 Å². The molecule has 1 aromatic rings. The van der Waals surface area contributed by atoms with Crippen LogP contribution in [0, 0.1) is 0 Å². The van der Waals surface area contributed by atoms with Crippen LogP contribution in [0.5, 0.6) is 0 Å². The molecular weight excluding hydrogens is 252 g/mol. The van der Waals surface area contributed by atoms with Crippen molar-refractivity contribution in [1.82, 2.24) is 0 Å². The van der Waals surface area contributed by atoms with E-state index in [0.717, 1.165) is 18.6 Å². The van der Waals surface area contributed by atoms with Gasteiger partial charge < -0.3 is 0 Å². The van der Waals surface area contributed by atoms with Crippen molar-refractivity contribution < 1.29 is 4.79 Å². The Kier molecular flexibility index (Phi) is 9.52. The lowest BCUT2D eigenvalue weighted by atomic mass is 10.1. The Bertz CT molecular complexity index is 334. The second-order valence-corrected chi connectivity index (χ2v) is 6.05. The van der Waals surface area contributed by atoms with Crippen LogP contribution in [0.2, 0.25) is 0 Å². The topological polar surface area (TPSA) is 17.1 Å². The molecule has 0 N–H and O–H groups in total. The van der Waals surface area contributed by atoms with Crippen molar-refractivity contribution in [2.45, 2.75) is 64.0 Å². The van der Waals surface area contributed by atoms with E-state index >= 15 is 0 Å². The molecule has 0 radical (unpaired) electrons. The van der Waals surface area contributed by atoms with Crippen LogP contribution in [0.1, 0.15) is 63.9 Å². The molecule has 0 heterocycles. The van der Waals surface area contributed by atoms with Crippen LogP contribution in [0.15, 0.2) is 30.3 Å². The fourth-order valence-electron chi connectivity index (χ4n) is 2.04. The van der Waals surface area contributed by atoms with Gasteiger partial charge >= 0.3 is 0 Å². The summed E-state index contributed by atoms with van der Waals surface area (Å²) in [5, 5.41) is 0.345. The summed E-state index contributed by atoms with van der Waals surface area (Å²) in [6, 6.07) is 10.2. The number of hydrogen-bond donors (Lipinski definition) is 0. The zero-order valence-corrected chi connectivity index (χ0v) is 12.9. The molecule has 0 atom stereocenters. The fraction of sp³-hybridized carbons (Fsp3) is 0.588. The maximum absolute atomic E-state index is 11.7. The Morgan fingerprint density at radius 2 is 1.58 bits per heavy atom. The lowest BCUT2D eigenvalue weighted by Crippen LogP contribution is -1.93. The van der Waals surface area contributed by atoms with Crippen LogP contribution >= 0.6 is 11.8 Å². The molecule has 1 aromatic carbocycles. The highest BCUT2D eigenvalue weighted by Crippen LogP contribution is 2.16. The molecule has 0 saturated heterocycles. The molecule has 19 heavy (non-hydrogen) atoms. The average molecular weight is 278 g/mol. The second-order valence-electron chi connectivity index (χ2n) is 5.02. The van der Waals surface area contributed by atoms with Gasteiger partial charge in [0.25, 0.3) is 0 Å². The maximum Gasteiger partial charge on any atom is 0.189 e. The predicted octanol–water partition coefficient (Wildman–Crippen LogP) is 5.59. The van der Waals surface area contributed by atoms with Gasteiger partial charge in [-0.1, -0.05) is 87.5 Å². The number of rotatable bonds is 10. The summed E-state index contributed by atoms with van der Waals surface area (Å²) in [7, 11) is 0. The van der Waals surface area contributed by atoms with Gasteiger partial charge in [0, 0.05) is 12.2 Å². The minimum Gasteiger partial charge on any atom is -0.287 e. The van der Waals surface area contributed by atoms with E-state index in [-0.39, 0.29) is 0 Å². The van der Waals surface area contributed by atoms with Gasteiger partial charge in [-0.25, -0.2) is 0 Å². The van der Waals surface area contributed by atoms with Gasteiger partial charge in [0.05, 0.1) is 0 Å². The minimum absolute atomic E-state index is 0.345. The summed E-state index contributed by atoms with van der Waals surface area (Å²) in [6.07, 6.45) is 9.64. The van der Waals surface area contributed by atoms with E-state index in [1.165, 1.54) is 55.9 Å². The molecule has 0 aromatic heterocycles. The van der Waals surface area contributed by atoms with Crippen LogP contribution in [0.25, 0.3) is 0 Å². The number of thioether (sulfide) groups is 1. The summed E-state index contributed by atoms with van der Waals surface area (Å²) in [5.74, 6) is 0.816. The zero-order chi connectivity index (χ0) is 13.8. The van der Waals surface area contributed by atoms with E-state index < -0.39 is 0 Å². The Balaban J connectivity index is 1.96. The number of unbranched alkanes of at least 4 members (excludes halogenated alkanes) is 6. The number of carbonyl (C=O) groups excluding carboxylic acids is 1. The predicted molar refractivity (Wildman–Crippen MR) is 85.4 cm³/mol. The normalized spacial score (nSPS) is 10.6. The molecule has 0 unspecified atom stereocenters. The first-order valence-corrected chi connectivity index (χ1v) is 8.51. The minimum atomic E-state index is 0.345. The van der Waals surface area contributed by atoms with Crippen LogP contribution < -0.4 is 0 Å². The van der Waals surface area contributed by atoms with Crippen LogP contribution in [-0.4, -0.2) is 5.12 Å². The lowest BCUT2D eigenvalue weighted by Gasteiger charge is -2.02. The molecule has 0 spiro atoms. The highest BCUT2D eigenvalue weighted by molar-refractivity contribution is 8.12. The van der Waals surface area contributed by atoms with Gasteiger partial charge in [-0.15, -0.1) is 0 Å². The van der Waals surface area contributed by atoms with Crippen LogP contribution in [-0.2, 0) is 10.5 Å². The quantitative estimate of drug-likeness (QED) is 0.519. The monoisotopic (exact) mass is 278 g/mol. The molecule has 0 amide bonds. The molecule has 0 aliphatic rings. The van der Waals surface area contributed by atoms with E-state index in [4.69, 9.17) is 0 Å². The number of carbonyl (C=O) groups is 1. The first-order chi connectivity index (χ1) is 9.33. The van der Waals surface area contributed by atoms with Crippen molar-refractivity contribution in [3.63, 3.8) is 0 Å². The summed E-state index contributed by atoms with van der Waals surface area (Å²) in [6.45, 7) is 2.24. The molecule has 2 heteroatoms. The van der Waals surface area contributed by atoms with Crippen molar-refractivity contribution in [3.05, 3.63) is 35.9 Å². The number of hydrogen-bond acceptors (Lipinski definition) is 2. The number of benzene rings is 1. The highest BCUT2D eigenvalue weighted by Gasteiger charge is 2.03. The molecule has 0 fully saturated rings. The molecule has 1 nitrogen and oxygen atoms in total. The van der Waals surface area contributed by atoms with Crippen molar-refractivity contribution in [2.24, 2.45) is 0 Å². The largest absolute Gasteiger partial charge is 0.287 e. The zero-order valence-electron chi connectivity index (χ0n) is 12.1. The Morgan fingerprint density at radius 3 is 2.26 bits per heavy atom. The average Bonchev–Trinajstić information content (AvgIpc) is 2.45. The molecular formula is C17H26OS. The molecule has 0 aliphatic heterocycles. The second kappa shape index (κ2) is 11.1. The van der Waals surface area contributed by atoms with Gasteiger partial charge in [-0.05, 0) is 12.0 Å². The highest BCUT2D eigenvalue weighted by atomic mass is 32.2. The fourth-order valence-corrected chi connectivity index (χ4v) is 2.85. The smallest absolute Gasteiger partial charge is 0.189 e. The summed E-state index contributed by atoms with van der Waals surface area (Å²) in [4.78, 5) is 11.7. The van der Waals surface area contributed by atoms with Gasteiger partial charge in [0.2, 0.25) is 0 Å². The van der Waals surface area contributed by atoms with E-state index in [2.05, 4.69) is 19.1 Å². The van der Waals surface area contributed by atoms with Crippen molar-refractivity contribution in [3.8, 4) is 0 Å². The molecule has 0 bridgehead atoms. The van der Waals surface area contributed by atoms with Crippen LogP contribution in [0.3, 0.4) is 0 Å². The van der Waals surface area contributed by atoms with E-state index in [9.17, 15) is 4.79 Å². The van der Waals surface area contributed by atoms with Crippen molar-refractivity contribution in [1.29, 1.82) is 0 Å². The van der Waals surface area contributed by atoms with Gasteiger partial charge in [-0.3, -0.25) is 4.79 Å². The van der Waals surface area contributed by atoms with Crippen LogP contribution in [0.4, 0.5) is 0 Å². The third kappa shape index (κ3) is 8.88. The maximum atomic E-state index is 11.7. The molecule has 106 valence electrons. The third-order valence-electron chi connectivity index (χ3n) is 3.23. The molecule has 0 aliphatic carbocycles. The Labute approximate surface area is 122 Å². The Morgan fingerprint density at radius 1 is 0.947 bits per heavy atom. The first kappa shape index (κ1) is 16.3. The van der Waals surface area contributed by atoms with E-state index in [0.29, 0.717) is 5.12 Å². The van der Waals surface area contributed by atoms with Gasteiger partial charge in [-0.2, -0.15) is 0 Å². The van der Waals surface area contributed by atoms with Crippen molar-refractivity contribution in [2.75, 3.05) is 0 Å². The summed E-state index contributed by atoms with van der Waals surface area (Å²) < 4.78 is 0. The third-order valence-corrected chi connectivity index (χ3v) is 4.23. The summed E-state index contributed by atoms with van der Waals surface area (Å²) >= 11 is 1.46. The molecule has 0 saturated carbocycles. The van der Waals surface area contributed by atoms with Gasteiger partial charge in [0.15, 0.2) is 5.12 Å². The molecule has 1 rings (SSSR count). The lowest BCUT2D eigenvalue weighted by molar-refractivity contribution is -0.111. The first-order valence-electron chi connectivity index (χ1n) is 7.52. The van der Waals surface area contributed by atoms with E-state index in [1.807, 2.05) is 18.2 Å². The standard InChI is InChI=1S/C17H26OS/c1-2-3-4-5-6-7-11-14-17(18)19-15-16-12-9-8-10-13-16/h8-10,12-13H,2-7,11,14-15H2,1H3. The SMILES string of the molecule is CCCCCCCCCC(=O)SCc1ccccc1. The van der Waals surface area contributed by atoms with Crippen molar-refractivity contribution >= 4 is 16.9 Å². The Hall–Kier alpha value is -0.760.